The van der Waals surface area contributed by atoms with Gasteiger partial charge in [-0.2, -0.15) is 0 Å². The van der Waals surface area contributed by atoms with E-state index < -0.39 is 0 Å². The zero-order valence-electron chi connectivity index (χ0n) is 13.1. The normalized spacial score (nSPS) is 11.2. The molecule has 0 amide bonds. The monoisotopic (exact) mass is 303 g/mol. The van der Waals surface area contributed by atoms with Crippen molar-refractivity contribution < 1.29 is 9.90 Å². The van der Waals surface area contributed by atoms with Crippen LogP contribution in [0, 0.1) is 13.8 Å². The van der Waals surface area contributed by atoms with Crippen LogP contribution in [-0.2, 0) is 0 Å². The summed E-state index contributed by atoms with van der Waals surface area (Å²) in [6, 6.07) is 9.56. The van der Waals surface area contributed by atoms with Crippen molar-refractivity contribution in [2.75, 3.05) is 0 Å². The van der Waals surface area contributed by atoms with E-state index in [-0.39, 0.29) is 0 Å². The van der Waals surface area contributed by atoms with Crippen LogP contribution in [0.1, 0.15) is 32.6 Å². The summed E-state index contributed by atoms with van der Waals surface area (Å²) in [4.78, 5) is 15.5. The second-order valence-electron chi connectivity index (χ2n) is 5.66. The Bertz CT molecular complexity index is 903. The fourth-order valence-corrected chi connectivity index (χ4v) is 2.69. The number of carbonyl (C=O) groups is 1. The lowest BCUT2D eigenvalue weighted by atomic mass is 10.0. The van der Waals surface area contributed by atoms with Crippen LogP contribution in [0.25, 0.3) is 22.9 Å². The lowest BCUT2D eigenvalue weighted by molar-refractivity contribution is 0.112. The molecule has 3 aromatic rings. The van der Waals surface area contributed by atoms with Crippen molar-refractivity contribution >= 4 is 29.2 Å². The number of hydrogen-bond acceptors (Lipinski definition) is 3. The highest BCUT2D eigenvalue weighted by molar-refractivity contribution is 5.94. The van der Waals surface area contributed by atoms with E-state index in [1.807, 2.05) is 56.3 Å². The van der Waals surface area contributed by atoms with Gasteiger partial charge in [0.15, 0.2) is 6.29 Å². The van der Waals surface area contributed by atoms with Crippen LogP contribution in [0.5, 0.6) is 5.75 Å². The lowest BCUT2D eigenvalue weighted by Gasteiger charge is -2.06. The van der Waals surface area contributed by atoms with Gasteiger partial charge in [-0.3, -0.25) is 9.78 Å². The van der Waals surface area contributed by atoms with Crippen molar-refractivity contribution in [1.29, 1.82) is 0 Å². The molecule has 0 aliphatic heterocycles. The predicted molar refractivity (Wildman–Crippen MR) is 93.6 cm³/mol. The molecule has 2 aromatic carbocycles. The van der Waals surface area contributed by atoms with Crippen LogP contribution >= 0.6 is 0 Å². The smallest absolute Gasteiger partial charge is 0.150 e. The number of carbonyl (C=O) groups excluding carboxylic acids is 1. The number of rotatable bonds is 3. The van der Waals surface area contributed by atoms with E-state index in [1.165, 1.54) is 0 Å². The molecule has 23 heavy (non-hydrogen) atoms. The Kier molecular flexibility index (Phi) is 3.94. The van der Waals surface area contributed by atoms with E-state index in [1.54, 1.807) is 12.4 Å². The molecule has 0 aliphatic carbocycles. The molecule has 0 saturated carbocycles. The molecule has 1 heterocycles. The minimum Gasteiger partial charge on any atom is -0.507 e. The number of phenols is 1. The summed E-state index contributed by atoms with van der Waals surface area (Å²) in [5, 5.41) is 11.8. The number of benzene rings is 2. The number of hydrogen-bond donors (Lipinski definition) is 1. The topological polar surface area (TPSA) is 50.2 Å². The summed E-state index contributed by atoms with van der Waals surface area (Å²) < 4.78 is 0. The van der Waals surface area contributed by atoms with E-state index in [2.05, 4.69) is 4.98 Å². The molecule has 1 aromatic heterocycles. The van der Waals surface area contributed by atoms with Crippen LogP contribution < -0.4 is 0 Å². The number of aryl methyl sites for hydroxylation is 2. The summed E-state index contributed by atoms with van der Waals surface area (Å²) in [6.07, 6.45) is 8.24. The minimum absolute atomic E-state index is 0.326. The Morgan fingerprint density at radius 3 is 2.35 bits per heavy atom. The van der Waals surface area contributed by atoms with Crippen LogP contribution in [0.15, 0.2) is 42.7 Å². The van der Waals surface area contributed by atoms with Crippen molar-refractivity contribution in [2.45, 2.75) is 13.8 Å². The Morgan fingerprint density at radius 1 is 0.957 bits per heavy atom. The summed E-state index contributed by atoms with van der Waals surface area (Å²) in [5.41, 5.74) is 4.16. The highest BCUT2D eigenvalue weighted by atomic mass is 16.3. The highest BCUT2D eigenvalue weighted by Crippen LogP contribution is 2.25. The van der Waals surface area contributed by atoms with Gasteiger partial charge in [0.05, 0.1) is 0 Å². The molecule has 3 nitrogen and oxygen atoms in total. The molecule has 0 fully saturated rings. The SMILES string of the molecule is Cc1cc(/C=C/c2cc3cnccc3cc2C=O)cc(C)c1O. The standard InChI is InChI=1S/C20H17NO2/c1-13-7-15(8-14(2)20(13)23)3-4-16-9-18-11-21-6-5-17(18)10-19(16)12-22/h3-12,23H,1-2H3/b4-3+. The summed E-state index contributed by atoms with van der Waals surface area (Å²) in [5.74, 6) is 0.326. The molecule has 0 saturated heterocycles. The molecule has 0 aliphatic rings. The Hall–Kier alpha value is -2.94. The van der Waals surface area contributed by atoms with Gasteiger partial charge in [0.2, 0.25) is 0 Å². The molecular formula is C20H17NO2. The first-order valence-electron chi connectivity index (χ1n) is 7.40. The second-order valence-corrected chi connectivity index (χ2v) is 5.66. The second kappa shape index (κ2) is 6.05. The molecule has 1 N–H and O–H groups in total. The fourth-order valence-electron chi connectivity index (χ4n) is 2.69. The molecule has 114 valence electrons. The van der Waals surface area contributed by atoms with E-state index in [9.17, 15) is 9.90 Å². The predicted octanol–water partition coefficient (Wildman–Crippen LogP) is 4.54. The maximum absolute atomic E-state index is 11.4. The maximum atomic E-state index is 11.4. The van der Waals surface area contributed by atoms with Crippen LogP contribution in [0.4, 0.5) is 0 Å². The van der Waals surface area contributed by atoms with E-state index in [0.717, 1.165) is 39.3 Å². The molecule has 0 spiro atoms. The average molecular weight is 303 g/mol. The summed E-state index contributed by atoms with van der Waals surface area (Å²) in [7, 11) is 0. The van der Waals surface area contributed by atoms with Crippen LogP contribution in [-0.4, -0.2) is 16.4 Å². The zero-order valence-corrected chi connectivity index (χ0v) is 13.1. The van der Waals surface area contributed by atoms with Gasteiger partial charge in [0.1, 0.15) is 5.75 Å². The average Bonchev–Trinajstić information content (AvgIpc) is 2.56. The molecule has 0 unspecified atom stereocenters. The van der Waals surface area contributed by atoms with Crippen molar-refractivity contribution in [2.24, 2.45) is 0 Å². The van der Waals surface area contributed by atoms with Gasteiger partial charge in [-0.1, -0.05) is 12.2 Å². The third-order valence-electron chi connectivity index (χ3n) is 3.94. The van der Waals surface area contributed by atoms with Gasteiger partial charge in [0, 0.05) is 23.3 Å². The molecular weight excluding hydrogens is 286 g/mol. The third kappa shape index (κ3) is 2.99. The number of fused-ring (bicyclic) bond motifs is 1. The maximum Gasteiger partial charge on any atom is 0.150 e. The Labute approximate surface area is 134 Å². The zero-order chi connectivity index (χ0) is 16.4. The third-order valence-corrected chi connectivity index (χ3v) is 3.94. The van der Waals surface area contributed by atoms with Gasteiger partial charge in [-0.25, -0.2) is 0 Å². The lowest BCUT2D eigenvalue weighted by Crippen LogP contribution is -1.88. The fraction of sp³-hybridized carbons (Fsp3) is 0.100. The molecule has 3 heteroatoms. The van der Waals surface area contributed by atoms with Crippen molar-refractivity contribution in [3.05, 3.63) is 70.5 Å². The van der Waals surface area contributed by atoms with Gasteiger partial charge < -0.3 is 5.11 Å². The number of pyridine rings is 1. The molecule has 0 bridgehead atoms. The van der Waals surface area contributed by atoms with Crippen LogP contribution in [0.3, 0.4) is 0 Å². The largest absolute Gasteiger partial charge is 0.507 e. The quantitative estimate of drug-likeness (QED) is 0.571. The van der Waals surface area contributed by atoms with Crippen molar-refractivity contribution in [3.63, 3.8) is 0 Å². The Balaban J connectivity index is 2.05. The first-order chi connectivity index (χ1) is 11.1. The first kappa shape index (κ1) is 15.0. The van der Waals surface area contributed by atoms with Gasteiger partial charge in [-0.15, -0.1) is 0 Å². The number of aldehydes is 1. The van der Waals surface area contributed by atoms with E-state index in [0.29, 0.717) is 11.3 Å². The van der Waals surface area contributed by atoms with Gasteiger partial charge in [-0.05, 0) is 71.8 Å². The van der Waals surface area contributed by atoms with E-state index in [4.69, 9.17) is 0 Å². The van der Waals surface area contributed by atoms with Crippen LogP contribution in [0.2, 0.25) is 0 Å². The molecule has 0 radical (unpaired) electrons. The summed E-state index contributed by atoms with van der Waals surface area (Å²) >= 11 is 0. The van der Waals surface area contributed by atoms with Gasteiger partial charge in [0.25, 0.3) is 0 Å². The summed E-state index contributed by atoms with van der Waals surface area (Å²) in [6.45, 7) is 3.75. The number of aromatic nitrogens is 1. The van der Waals surface area contributed by atoms with Crippen molar-refractivity contribution in [3.8, 4) is 5.75 Å². The van der Waals surface area contributed by atoms with Crippen molar-refractivity contribution in [1.82, 2.24) is 4.98 Å². The number of phenolic OH excluding ortho intramolecular Hbond substituents is 1. The highest BCUT2D eigenvalue weighted by Gasteiger charge is 2.04. The Morgan fingerprint density at radius 2 is 1.65 bits per heavy atom. The van der Waals surface area contributed by atoms with E-state index >= 15 is 0 Å². The van der Waals surface area contributed by atoms with Gasteiger partial charge >= 0.3 is 0 Å². The number of aromatic hydroxyl groups is 1. The molecule has 3 rings (SSSR count). The first-order valence-corrected chi connectivity index (χ1v) is 7.40. The number of nitrogens with zero attached hydrogens (tertiary/aromatic N) is 1. The molecule has 0 atom stereocenters. The minimum atomic E-state index is 0.326.